The molecule has 1 N–H and O–H groups in total. The maximum atomic E-state index is 9.71. The maximum absolute atomic E-state index is 9.71. The van der Waals surface area contributed by atoms with Gasteiger partial charge in [0.2, 0.25) is 0 Å². The predicted molar refractivity (Wildman–Crippen MR) is 78.4 cm³/mol. The number of rotatable bonds is 3. The van der Waals surface area contributed by atoms with Gasteiger partial charge in [0.25, 0.3) is 0 Å². The lowest BCUT2D eigenvalue weighted by Gasteiger charge is -2.35. The molecular formula is C17H26O2. The number of aliphatic hydroxyl groups is 1. The first-order chi connectivity index (χ1) is 8.95. The molecule has 1 aliphatic heterocycles. The Kier molecular flexibility index (Phi) is 4.32. The van der Waals surface area contributed by atoms with E-state index in [1.54, 1.807) is 0 Å². The first kappa shape index (κ1) is 14.5. The van der Waals surface area contributed by atoms with Crippen LogP contribution in [0.5, 0.6) is 0 Å². The molecule has 1 aromatic rings. The highest BCUT2D eigenvalue weighted by Crippen LogP contribution is 2.32. The van der Waals surface area contributed by atoms with Gasteiger partial charge in [-0.2, -0.15) is 0 Å². The Labute approximate surface area is 116 Å². The molecule has 1 aromatic carbocycles. The maximum Gasteiger partial charge on any atom is 0.0547 e. The van der Waals surface area contributed by atoms with Gasteiger partial charge in [-0.15, -0.1) is 0 Å². The Bertz CT molecular complexity index is 394. The molecule has 19 heavy (non-hydrogen) atoms. The van der Waals surface area contributed by atoms with Gasteiger partial charge in [0.05, 0.1) is 13.2 Å². The first-order valence-electron chi connectivity index (χ1n) is 7.23. The third-order valence-corrected chi connectivity index (χ3v) is 4.14. The highest BCUT2D eigenvalue weighted by molar-refractivity contribution is 5.28. The van der Waals surface area contributed by atoms with E-state index in [4.69, 9.17) is 4.74 Å². The van der Waals surface area contributed by atoms with Crippen LogP contribution in [0.2, 0.25) is 0 Å². The number of hydrogen-bond acceptors (Lipinski definition) is 2. The van der Waals surface area contributed by atoms with Gasteiger partial charge < -0.3 is 9.84 Å². The lowest BCUT2D eigenvalue weighted by Crippen LogP contribution is -2.37. The van der Waals surface area contributed by atoms with E-state index in [-0.39, 0.29) is 17.4 Å². The zero-order valence-corrected chi connectivity index (χ0v) is 12.4. The highest BCUT2D eigenvalue weighted by Gasteiger charge is 2.32. The zero-order valence-electron chi connectivity index (χ0n) is 12.4. The fraction of sp³-hybridized carbons (Fsp3) is 0.647. The summed E-state index contributed by atoms with van der Waals surface area (Å²) >= 11 is 0. The second kappa shape index (κ2) is 5.64. The molecule has 2 rings (SSSR count). The SMILES string of the molecule is CC(C)(C)c1ccc(CC2(CO)CCCOC2)cc1. The molecule has 0 radical (unpaired) electrons. The van der Waals surface area contributed by atoms with E-state index >= 15 is 0 Å². The summed E-state index contributed by atoms with van der Waals surface area (Å²) in [5.41, 5.74) is 2.78. The van der Waals surface area contributed by atoms with E-state index < -0.39 is 0 Å². The largest absolute Gasteiger partial charge is 0.396 e. The van der Waals surface area contributed by atoms with Crippen molar-refractivity contribution >= 4 is 0 Å². The normalized spacial score (nSPS) is 24.4. The van der Waals surface area contributed by atoms with Crippen molar-refractivity contribution in [1.29, 1.82) is 0 Å². The fourth-order valence-electron chi connectivity index (χ4n) is 2.79. The third-order valence-electron chi connectivity index (χ3n) is 4.14. The predicted octanol–water partition coefficient (Wildman–Crippen LogP) is 3.32. The smallest absolute Gasteiger partial charge is 0.0547 e. The summed E-state index contributed by atoms with van der Waals surface area (Å²) in [5.74, 6) is 0. The van der Waals surface area contributed by atoms with Crippen LogP contribution in [0.4, 0.5) is 0 Å². The molecule has 0 spiro atoms. The minimum atomic E-state index is -0.0680. The lowest BCUT2D eigenvalue weighted by atomic mass is 9.77. The average molecular weight is 262 g/mol. The summed E-state index contributed by atoms with van der Waals surface area (Å²) in [5, 5.41) is 9.71. The molecule has 0 aliphatic carbocycles. The molecular weight excluding hydrogens is 236 g/mol. The number of benzene rings is 1. The van der Waals surface area contributed by atoms with E-state index in [0.717, 1.165) is 25.9 Å². The van der Waals surface area contributed by atoms with Gasteiger partial charge in [0.15, 0.2) is 0 Å². The molecule has 2 heteroatoms. The average Bonchev–Trinajstić information content (AvgIpc) is 2.39. The Morgan fingerprint density at radius 1 is 1.21 bits per heavy atom. The third kappa shape index (κ3) is 3.58. The second-order valence-corrected chi connectivity index (χ2v) is 6.94. The van der Waals surface area contributed by atoms with Crippen LogP contribution in [0.1, 0.15) is 44.7 Å². The number of ether oxygens (including phenoxy) is 1. The molecule has 106 valence electrons. The molecule has 0 bridgehead atoms. The van der Waals surface area contributed by atoms with Crippen molar-refractivity contribution in [3.63, 3.8) is 0 Å². The van der Waals surface area contributed by atoms with Crippen LogP contribution in [0.15, 0.2) is 24.3 Å². The second-order valence-electron chi connectivity index (χ2n) is 6.94. The molecule has 1 heterocycles. The Morgan fingerprint density at radius 2 is 1.89 bits per heavy atom. The molecule has 1 fully saturated rings. The molecule has 0 amide bonds. The summed E-state index contributed by atoms with van der Waals surface area (Å²) in [7, 11) is 0. The van der Waals surface area contributed by atoms with E-state index in [2.05, 4.69) is 45.0 Å². The van der Waals surface area contributed by atoms with Gasteiger partial charge >= 0.3 is 0 Å². The minimum Gasteiger partial charge on any atom is -0.396 e. The van der Waals surface area contributed by atoms with Gasteiger partial charge in [-0.25, -0.2) is 0 Å². The Morgan fingerprint density at radius 3 is 2.37 bits per heavy atom. The van der Waals surface area contributed by atoms with Crippen LogP contribution in [0, 0.1) is 5.41 Å². The van der Waals surface area contributed by atoms with Crippen molar-refractivity contribution < 1.29 is 9.84 Å². The number of aliphatic hydroxyl groups excluding tert-OH is 1. The molecule has 1 atom stereocenters. The lowest BCUT2D eigenvalue weighted by molar-refractivity contribution is -0.0378. The van der Waals surface area contributed by atoms with E-state index in [0.29, 0.717) is 6.61 Å². The van der Waals surface area contributed by atoms with E-state index in [1.807, 2.05) is 0 Å². The van der Waals surface area contributed by atoms with Crippen LogP contribution in [0.3, 0.4) is 0 Å². The van der Waals surface area contributed by atoms with Gasteiger partial charge in [-0.05, 0) is 35.8 Å². The Balaban J connectivity index is 2.10. The summed E-state index contributed by atoms with van der Waals surface area (Å²) in [4.78, 5) is 0. The van der Waals surface area contributed by atoms with Crippen LogP contribution in [-0.4, -0.2) is 24.9 Å². The van der Waals surface area contributed by atoms with E-state index in [1.165, 1.54) is 11.1 Å². The zero-order chi connectivity index (χ0) is 13.9. The van der Waals surface area contributed by atoms with Crippen molar-refractivity contribution in [2.45, 2.75) is 45.4 Å². The van der Waals surface area contributed by atoms with Crippen LogP contribution in [-0.2, 0) is 16.6 Å². The molecule has 2 nitrogen and oxygen atoms in total. The van der Waals surface area contributed by atoms with Crippen molar-refractivity contribution in [2.75, 3.05) is 19.8 Å². The van der Waals surface area contributed by atoms with Gasteiger partial charge in [-0.1, -0.05) is 45.0 Å². The first-order valence-corrected chi connectivity index (χ1v) is 7.23. The van der Waals surface area contributed by atoms with Crippen LogP contribution < -0.4 is 0 Å². The molecule has 1 unspecified atom stereocenters. The standard InChI is InChI=1S/C17H26O2/c1-16(2,3)15-7-5-14(6-8-15)11-17(12-18)9-4-10-19-13-17/h5-8,18H,4,9-13H2,1-3H3. The quantitative estimate of drug-likeness (QED) is 0.905. The van der Waals surface area contributed by atoms with Crippen molar-refractivity contribution in [3.05, 3.63) is 35.4 Å². The van der Waals surface area contributed by atoms with E-state index in [9.17, 15) is 5.11 Å². The molecule has 1 saturated heterocycles. The summed E-state index contributed by atoms with van der Waals surface area (Å²) < 4.78 is 5.57. The van der Waals surface area contributed by atoms with Crippen molar-refractivity contribution in [2.24, 2.45) is 5.41 Å². The van der Waals surface area contributed by atoms with Crippen LogP contribution >= 0.6 is 0 Å². The van der Waals surface area contributed by atoms with Gasteiger partial charge in [0.1, 0.15) is 0 Å². The topological polar surface area (TPSA) is 29.5 Å². The Hall–Kier alpha value is -0.860. The van der Waals surface area contributed by atoms with Crippen molar-refractivity contribution in [1.82, 2.24) is 0 Å². The minimum absolute atomic E-state index is 0.0680. The number of hydrogen-bond donors (Lipinski definition) is 1. The summed E-state index contributed by atoms with van der Waals surface area (Å²) in [6.07, 6.45) is 3.03. The van der Waals surface area contributed by atoms with Gasteiger partial charge in [-0.3, -0.25) is 0 Å². The fourth-order valence-corrected chi connectivity index (χ4v) is 2.79. The van der Waals surface area contributed by atoms with Gasteiger partial charge in [0, 0.05) is 12.0 Å². The monoisotopic (exact) mass is 262 g/mol. The summed E-state index contributed by atoms with van der Waals surface area (Å²) in [6.45, 7) is 8.42. The molecule has 1 aliphatic rings. The molecule has 0 aromatic heterocycles. The molecule has 0 saturated carbocycles. The van der Waals surface area contributed by atoms with Crippen molar-refractivity contribution in [3.8, 4) is 0 Å². The highest BCUT2D eigenvalue weighted by atomic mass is 16.5. The summed E-state index contributed by atoms with van der Waals surface area (Å²) in [6, 6.07) is 8.83. The van der Waals surface area contributed by atoms with Crippen LogP contribution in [0.25, 0.3) is 0 Å².